The van der Waals surface area contributed by atoms with Crippen molar-refractivity contribution in [3.63, 3.8) is 0 Å². The maximum absolute atomic E-state index is 11.8. The Morgan fingerprint density at radius 2 is 2.13 bits per heavy atom. The highest BCUT2D eigenvalue weighted by Crippen LogP contribution is 2.14. The van der Waals surface area contributed by atoms with Crippen molar-refractivity contribution in [3.05, 3.63) is 24.0 Å². The smallest absolute Gasteiger partial charge is 0.227 e. The number of carbonyl (C=O) groups excluding carboxylic acids is 1. The van der Waals surface area contributed by atoms with Crippen molar-refractivity contribution < 1.29 is 4.79 Å². The molecule has 0 fully saturated rings. The number of anilines is 1. The first-order valence-electron chi connectivity index (χ1n) is 5.41. The van der Waals surface area contributed by atoms with E-state index >= 15 is 0 Å². The van der Waals surface area contributed by atoms with Gasteiger partial charge in [-0.1, -0.05) is 13.8 Å². The van der Waals surface area contributed by atoms with E-state index in [2.05, 4.69) is 10.3 Å². The molecule has 0 spiro atoms. The Morgan fingerprint density at radius 1 is 1.47 bits per heavy atom. The van der Waals surface area contributed by atoms with Crippen molar-refractivity contribution in [2.75, 3.05) is 5.32 Å². The second kappa shape index (κ2) is 5.49. The van der Waals surface area contributed by atoms with Crippen LogP contribution in [0.25, 0.3) is 0 Å². The average molecular weight is 206 g/mol. The van der Waals surface area contributed by atoms with Crippen molar-refractivity contribution in [2.24, 2.45) is 5.92 Å². The molecule has 15 heavy (non-hydrogen) atoms. The second-order valence-corrected chi connectivity index (χ2v) is 3.64. The highest BCUT2D eigenvalue weighted by Gasteiger charge is 2.14. The van der Waals surface area contributed by atoms with Gasteiger partial charge in [0.25, 0.3) is 0 Å². The first-order chi connectivity index (χ1) is 7.19. The van der Waals surface area contributed by atoms with Crippen LogP contribution in [0.5, 0.6) is 0 Å². The zero-order chi connectivity index (χ0) is 11.3. The van der Waals surface area contributed by atoms with Crippen LogP contribution >= 0.6 is 0 Å². The molecule has 1 N–H and O–H groups in total. The number of aryl methyl sites for hydroxylation is 1. The van der Waals surface area contributed by atoms with Gasteiger partial charge in [-0.05, 0) is 31.9 Å². The molecular weight excluding hydrogens is 188 g/mol. The third kappa shape index (κ3) is 3.05. The topological polar surface area (TPSA) is 42.0 Å². The molecule has 0 atom stereocenters. The first kappa shape index (κ1) is 11.7. The van der Waals surface area contributed by atoms with E-state index in [1.54, 1.807) is 6.20 Å². The molecule has 0 unspecified atom stereocenters. The zero-order valence-corrected chi connectivity index (χ0v) is 9.58. The number of nitrogens with zero attached hydrogens (tertiary/aromatic N) is 1. The molecule has 3 heteroatoms. The Hall–Kier alpha value is -1.38. The van der Waals surface area contributed by atoms with Crippen LogP contribution < -0.4 is 5.32 Å². The highest BCUT2D eigenvalue weighted by atomic mass is 16.1. The summed E-state index contributed by atoms with van der Waals surface area (Å²) in [5.41, 5.74) is 1.67. The van der Waals surface area contributed by atoms with E-state index in [1.165, 1.54) is 0 Å². The highest BCUT2D eigenvalue weighted by molar-refractivity contribution is 5.92. The van der Waals surface area contributed by atoms with Crippen LogP contribution in [0.2, 0.25) is 0 Å². The minimum absolute atomic E-state index is 0.0936. The number of hydrogen-bond acceptors (Lipinski definition) is 2. The van der Waals surface area contributed by atoms with Gasteiger partial charge in [-0.2, -0.15) is 0 Å². The fraction of sp³-hybridized carbons (Fsp3) is 0.500. The lowest BCUT2D eigenvalue weighted by Gasteiger charge is -2.13. The molecule has 0 aromatic carbocycles. The van der Waals surface area contributed by atoms with Crippen LogP contribution in [0.3, 0.4) is 0 Å². The van der Waals surface area contributed by atoms with Crippen LogP contribution in [-0.2, 0) is 4.79 Å². The fourth-order valence-electron chi connectivity index (χ4n) is 1.51. The van der Waals surface area contributed by atoms with Gasteiger partial charge in [-0.25, -0.2) is 0 Å². The Labute approximate surface area is 90.9 Å². The van der Waals surface area contributed by atoms with Gasteiger partial charge < -0.3 is 5.32 Å². The molecule has 0 radical (unpaired) electrons. The Morgan fingerprint density at radius 3 is 2.67 bits per heavy atom. The van der Waals surface area contributed by atoms with Gasteiger partial charge >= 0.3 is 0 Å². The third-order valence-corrected chi connectivity index (χ3v) is 2.62. The summed E-state index contributed by atoms with van der Waals surface area (Å²) in [4.78, 5) is 15.9. The minimum atomic E-state index is 0.0936. The molecule has 0 saturated heterocycles. The van der Waals surface area contributed by atoms with Crippen LogP contribution in [-0.4, -0.2) is 10.9 Å². The molecular formula is C12H18N2O. The maximum atomic E-state index is 11.8. The first-order valence-corrected chi connectivity index (χ1v) is 5.41. The third-order valence-electron chi connectivity index (χ3n) is 2.62. The molecule has 0 saturated carbocycles. The van der Waals surface area contributed by atoms with Gasteiger partial charge in [-0.15, -0.1) is 0 Å². The molecule has 0 aliphatic rings. The number of aromatic nitrogens is 1. The van der Waals surface area contributed by atoms with E-state index < -0.39 is 0 Å². The number of rotatable bonds is 4. The van der Waals surface area contributed by atoms with Crippen LogP contribution in [0.1, 0.15) is 32.4 Å². The van der Waals surface area contributed by atoms with E-state index in [1.807, 2.05) is 32.9 Å². The summed E-state index contributed by atoms with van der Waals surface area (Å²) in [6, 6.07) is 3.71. The van der Waals surface area contributed by atoms with Gasteiger partial charge in [0.2, 0.25) is 5.91 Å². The lowest BCUT2D eigenvalue weighted by Crippen LogP contribution is -2.22. The van der Waals surface area contributed by atoms with Crippen LogP contribution in [0, 0.1) is 12.8 Å². The molecule has 1 heterocycles. The van der Waals surface area contributed by atoms with Crippen molar-refractivity contribution in [2.45, 2.75) is 33.6 Å². The number of nitrogens with one attached hydrogen (secondary N) is 1. The summed E-state index contributed by atoms with van der Waals surface area (Å²) in [7, 11) is 0. The largest absolute Gasteiger partial charge is 0.324 e. The van der Waals surface area contributed by atoms with Crippen molar-refractivity contribution in [1.82, 2.24) is 4.98 Å². The molecule has 1 aromatic heterocycles. The van der Waals surface area contributed by atoms with Gasteiger partial charge in [-0.3, -0.25) is 9.78 Å². The molecule has 82 valence electrons. The fourth-order valence-corrected chi connectivity index (χ4v) is 1.51. The van der Waals surface area contributed by atoms with E-state index in [0.717, 1.165) is 24.2 Å². The standard InChI is InChI=1S/C12H18N2O/c1-4-10(5-2)12(15)14-11-7-6-8-13-9(11)3/h6-8,10H,4-5H2,1-3H3,(H,14,15). The maximum Gasteiger partial charge on any atom is 0.227 e. The number of amides is 1. The second-order valence-electron chi connectivity index (χ2n) is 3.64. The number of hydrogen-bond donors (Lipinski definition) is 1. The molecule has 0 aliphatic heterocycles. The zero-order valence-electron chi connectivity index (χ0n) is 9.58. The summed E-state index contributed by atoms with van der Waals surface area (Å²) < 4.78 is 0. The quantitative estimate of drug-likeness (QED) is 0.823. The molecule has 1 amide bonds. The molecule has 0 bridgehead atoms. The predicted molar refractivity (Wildman–Crippen MR) is 61.7 cm³/mol. The predicted octanol–water partition coefficient (Wildman–Crippen LogP) is 2.76. The molecule has 1 aromatic rings. The molecule has 0 aliphatic carbocycles. The number of pyridine rings is 1. The average Bonchev–Trinajstić information content (AvgIpc) is 2.23. The summed E-state index contributed by atoms with van der Waals surface area (Å²) in [5, 5.41) is 2.91. The summed E-state index contributed by atoms with van der Waals surface area (Å²) in [5.74, 6) is 0.195. The van der Waals surface area contributed by atoms with E-state index in [0.29, 0.717) is 0 Å². The van der Waals surface area contributed by atoms with Gasteiger partial charge in [0, 0.05) is 12.1 Å². The van der Waals surface area contributed by atoms with Gasteiger partial charge in [0.1, 0.15) is 0 Å². The van der Waals surface area contributed by atoms with Gasteiger partial charge in [0.15, 0.2) is 0 Å². The molecule has 1 rings (SSSR count). The SMILES string of the molecule is CCC(CC)C(=O)Nc1cccnc1C. The van der Waals surface area contributed by atoms with Crippen LogP contribution in [0.15, 0.2) is 18.3 Å². The Bertz CT molecular complexity index is 332. The normalized spacial score (nSPS) is 10.4. The summed E-state index contributed by atoms with van der Waals surface area (Å²) in [6.07, 6.45) is 3.48. The van der Waals surface area contributed by atoms with Crippen molar-refractivity contribution >= 4 is 11.6 Å². The van der Waals surface area contributed by atoms with Crippen LogP contribution in [0.4, 0.5) is 5.69 Å². The Balaban J connectivity index is 2.70. The van der Waals surface area contributed by atoms with Gasteiger partial charge in [0.05, 0.1) is 11.4 Å². The monoisotopic (exact) mass is 206 g/mol. The van der Waals surface area contributed by atoms with Crippen molar-refractivity contribution in [3.8, 4) is 0 Å². The molecule has 3 nitrogen and oxygen atoms in total. The van der Waals surface area contributed by atoms with E-state index in [4.69, 9.17) is 0 Å². The van der Waals surface area contributed by atoms with Crippen molar-refractivity contribution in [1.29, 1.82) is 0 Å². The lowest BCUT2D eigenvalue weighted by molar-refractivity contribution is -0.120. The van der Waals surface area contributed by atoms with E-state index in [9.17, 15) is 4.79 Å². The lowest BCUT2D eigenvalue weighted by atomic mass is 10.0. The summed E-state index contributed by atoms with van der Waals surface area (Å²) >= 11 is 0. The Kier molecular flexibility index (Phi) is 4.28. The number of carbonyl (C=O) groups is 1. The van der Waals surface area contributed by atoms with E-state index in [-0.39, 0.29) is 11.8 Å². The summed E-state index contributed by atoms with van der Waals surface area (Å²) in [6.45, 7) is 5.95. The minimum Gasteiger partial charge on any atom is -0.324 e.